The van der Waals surface area contributed by atoms with Crippen LogP contribution in [0, 0.1) is 0 Å². The predicted molar refractivity (Wildman–Crippen MR) is 77.1 cm³/mol. The van der Waals surface area contributed by atoms with Crippen molar-refractivity contribution in [2.45, 2.75) is 6.42 Å². The predicted octanol–water partition coefficient (Wildman–Crippen LogP) is 2.62. The Morgan fingerprint density at radius 2 is 1.95 bits per heavy atom. The van der Waals surface area contributed by atoms with Gasteiger partial charge in [0.1, 0.15) is 5.52 Å². The molecule has 1 N–H and O–H groups in total. The molecular weight excluding hydrogens is 236 g/mol. The summed E-state index contributed by atoms with van der Waals surface area (Å²) in [4.78, 5) is 8.75. The smallest absolute Gasteiger partial charge is 0.154 e. The lowest BCUT2D eigenvalue weighted by atomic mass is 10.1. The summed E-state index contributed by atoms with van der Waals surface area (Å²) in [6, 6.07) is 12.4. The van der Waals surface area contributed by atoms with Crippen LogP contribution in [0.25, 0.3) is 11.0 Å². The molecule has 1 aromatic carbocycles. The number of aryl methyl sites for hydroxylation is 1. The number of nitrogens with one attached hydrogen (secondary N) is 1. The van der Waals surface area contributed by atoms with Crippen molar-refractivity contribution < 1.29 is 0 Å². The van der Waals surface area contributed by atoms with Gasteiger partial charge in [-0.05, 0) is 18.1 Å². The first-order valence-corrected chi connectivity index (χ1v) is 6.38. The van der Waals surface area contributed by atoms with Crippen molar-refractivity contribution in [2.75, 3.05) is 11.9 Å². The minimum Gasteiger partial charge on any atom is -0.368 e. The summed E-state index contributed by atoms with van der Waals surface area (Å²) in [5.74, 6) is 0.856. The van der Waals surface area contributed by atoms with Crippen molar-refractivity contribution in [3.8, 4) is 0 Å². The molecule has 4 nitrogen and oxygen atoms in total. The highest BCUT2D eigenvalue weighted by atomic mass is 15.1. The maximum atomic E-state index is 4.38. The number of nitrogens with zero attached hydrogens (tertiary/aromatic N) is 3. The Morgan fingerprint density at radius 3 is 2.79 bits per heavy atom. The molecule has 0 spiro atoms. The molecule has 0 atom stereocenters. The molecule has 0 saturated carbocycles. The topological polar surface area (TPSA) is 42.7 Å². The molecule has 0 saturated heterocycles. The zero-order chi connectivity index (χ0) is 13.1. The largest absolute Gasteiger partial charge is 0.368 e. The molecule has 4 heteroatoms. The van der Waals surface area contributed by atoms with Crippen LogP contribution in [0.5, 0.6) is 0 Å². The molecule has 19 heavy (non-hydrogen) atoms. The molecule has 2 aromatic heterocycles. The number of benzene rings is 1. The minimum absolute atomic E-state index is 0.854. The van der Waals surface area contributed by atoms with Crippen LogP contribution >= 0.6 is 0 Å². The van der Waals surface area contributed by atoms with Gasteiger partial charge in [0.2, 0.25) is 0 Å². The van der Waals surface area contributed by atoms with E-state index in [1.54, 1.807) is 0 Å². The molecule has 3 aromatic rings. The molecule has 0 aliphatic rings. The maximum Gasteiger partial charge on any atom is 0.154 e. The van der Waals surface area contributed by atoms with Crippen molar-refractivity contribution in [3.63, 3.8) is 0 Å². The van der Waals surface area contributed by atoms with Gasteiger partial charge >= 0.3 is 0 Å². The van der Waals surface area contributed by atoms with E-state index in [4.69, 9.17) is 0 Å². The highest BCUT2D eigenvalue weighted by Crippen LogP contribution is 2.18. The van der Waals surface area contributed by atoms with Crippen LogP contribution in [0.3, 0.4) is 0 Å². The summed E-state index contributed by atoms with van der Waals surface area (Å²) in [6.45, 7) is 0.854. The van der Waals surface area contributed by atoms with Gasteiger partial charge < -0.3 is 9.88 Å². The Bertz CT molecular complexity index is 673. The molecule has 0 radical (unpaired) electrons. The Kier molecular flexibility index (Phi) is 3.14. The van der Waals surface area contributed by atoms with E-state index in [0.29, 0.717) is 0 Å². The standard InChI is InChI=1S/C15H16N4/c1-19-11-18-14-13(19)8-10-17-15(14)16-9-7-12-5-3-2-4-6-12/h2-6,8,10-11H,7,9H2,1H3,(H,16,17). The molecule has 0 amide bonds. The van der Waals surface area contributed by atoms with Gasteiger partial charge in [0.25, 0.3) is 0 Å². The zero-order valence-corrected chi connectivity index (χ0v) is 10.9. The minimum atomic E-state index is 0.854. The first-order valence-electron chi connectivity index (χ1n) is 6.38. The van der Waals surface area contributed by atoms with Gasteiger partial charge in [0, 0.05) is 19.8 Å². The van der Waals surface area contributed by atoms with Gasteiger partial charge in [-0.3, -0.25) is 0 Å². The van der Waals surface area contributed by atoms with Crippen LogP contribution in [0.15, 0.2) is 48.9 Å². The quantitative estimate of drug-likeness (QED) is 0.776. The van der Waals surface area contributed by atoms with Crippen LogP contribution in [0.2, 0.25) is 0 Å². The number of imidazole rings is 1. The summed E-state index contributed by atoms with van der Waals surface area (Å²) < 4.78 is 2.00. The average molecular weight is 252 g/mol. The fraction of sp³-hybridized carbons (Fsp3) is 0.200. The van der Waals surface area contributed by atoms with Crippen LogP contribution in [-0.4, -0.2) is 21.1 Å². The molecule has 0 bridgehead atoms. The third-order valence-electron chi connectivity index (χ3n) is 3.19. The third-order valence-corrected chi connectivity index (χ3v) is 3.19. The van der Waals surface area contributed by atoms with Crippen molar-refractivity contribution in [2.24, 2.45) is 7.05 Å². The number of hydrogen-bond donors (Lipinski definition) is 1. The Hall–Kier alpha value is -2.36. The summed E-state index contributed by atoms with van der Waals surface area (Å²) in [7, 11) is 1.99. The van der Waals surface area contributed by atoms with E-state index >= 15 is 0 Å². The van der Waals surface area contributed by atoms with Gasteiger partial charge in [-0.1, -0.05) is 30.3 Å². The number of rotatable bonds is 4. The fourth-order valence-electron chi connectivity index (χ4n) is 2.16. The molecule has 0 fully saturated rings. The molecule has 0 aliphatic heterocycles. The number of fused-ring (bicyclic) bond motifs is 1. The lowest BCUT2D eigenvalue weighted by molar-refractivity contribution is 0.947. The Balaban J connectivity index is 1.72. The van der Waals surface area contributed by atoms with Crippen LogP contribution in [0.4, 0.5) is 5.82 Å². The highest BCUT2D eigenvalue weighted by molar-refractivity contribution is 5.85. The summed E-state index contributed by atoms with van der Waals surface area (Å²) in [5, 5.41) is 3.36. The van der Waals surface area contributed by atoms with Crippen molar-refractivity contribution in [1.29, 1.82) is 0 Å². The summed E-state index contributed by atoms with van der Waals surface area (Å²) in [6.07, 6.45) is 4.61. The van der Waals surface area contributed by atoms with Crippen molar-refractivity contribution in [3.05, 3.63) is 54.5 Å². The number of anilines is 1. The van der Waals surface area contributed by atoms with Gasteiger partial charge in [0.05, 0.1) is 11.8 Å². The average Bonchev–Trinajstić information content (AvgIpc) is 2.83. The maximum absolute atomic E-state index is 4.38. The zero-order valence-electron chi connectivity index (χ0n) is 10.9. The normalized spacial score (nSPS) is 10.8. The molecule has 3 rings (SSSR count). The summed E-state index contributed by atoms with van der Waals surface area (Å²) >= 11 is 0. The number of hydrogen-bond acceptors (Lipinski definition) is 3. The van der Waals surface area contributed by atoms with Crippen LogP contribution < -0.4 is 5.32 Å². The van der Waals surface area contributed by atoms with Crippen LogP contribution in [0.1, 0.15) is 5.56 Å². The van der Waals surface area contributed by atoms with E-state index in [2.05, 4.69) is 39.6 Å². The lowest BCUT2D eigenvalue weighted by Gasteiger charge is -2.06. The van der Waals surface area contributed by atoms with E-state index in [-0.39, 0.29) is 0 Å². The monoisotopic (exact) mass is 252 g/mol. The molecule has 0 aliphatic carbocycles. The van der Waals surface area contributed by atoms with Gasteiger partial charge in [-0.15, -0.1) is 0 Å². The Morgan fingerprint density at radius 1 is 1.11 bits per heavy atom. The van der Waals surface area contributed by atoms with Crippen LogP contribution in [-0.2, 0) is 13.5 Å². The second kappa shape index (κ2) is 5.10. The molecule has 2 heterocycles. The van der Waals surface area contributed by atoms with E-state index in [1.807, 2.05) is 36.3 Å². The first-order chi connectivity index (χ1) is 9.34. The van der Waals surface area contributed by atoms with E-state index in [9.17, 15) is 0 Å². The molecule has 0 unspecified atom stereocenters. The second-order valence-electron chi connectivity index (χ2n) is 4.55. The highest BCUT2D eigenvalue weighted by Gasteiger charge is 2.05. The SMILES string of the molecule is Cn1cnc2c(NCCc3ccccc3)nccc21. The van der Waals surface area contributed by atoms with E-state index in [0.717, 1.165) is 29.8 Å². The summed E-state index contributed by atoms with van der Waals surface area (Å²) in [5.41, 5.74) is 3.35. The fourth-order valence-corrected chi connectivity index (χ4v) is 2.16. The van der Waals surface area contributed by atoms with Crippen molar-refractivity contribution in [1.82, 2.24) is 14.5 Å². The van der Waals surface area contributed by atoms with Gasteiger partial charge in [-0.25, -0.2) is 9.97 Å². The first kappa shape index (κ1) is 11.7. The molecular formula is C15H16N4. The van der Waals surface area contributed by atoms with E-state index < -0.39 is 0 Å². The second-order valence-corrected chi connectivity index (χ2v) is 4.55. The van der Waals surface area contributed by atoms with E-state index in [1.165, 1.54) is 5.56 Å². The van der Waals surface area contributed by atoms with Crippen molar-refractivity contribution >= 4 is 16.9 Å². The van der Waals surface area contributed by atoms with Gasteiger partial charge in [-0.2, -0.15) is 0 Å². The molecule has 96 valence electrons. The van der Waals surface area contributed by atoms with Gasteiger partial charge in [0.15, 0.2) is 5.82 Å². The lowest BCUT2D eigenvalue weighted by Crippen LogP contribution is -2.06. The third kappa shape index (κ3) is 2.42. The Labute approximate surface area is 112 Å². The number of aromatic nitrogens is 3. The number of pyridine rings is 1.